The van der Waals surface area contributed by atoms with Gasteiger partial charge >= 0.3 is 6.03 Å². The van der Waals surface area contributed by atoms with Crippen LogP contribution in [0.4, 0.5) is 13.6 Å². The Bertz CT molecular complexity index is 1030. The quantitative estimate of drug-likeness (QED) is 0.578. The van der Waals surface area contributed by atoms with Crippen LogP contribution in [0.5, 0.6) is 5.88 Å². The Balaban J connectivity index is 1.47. The third kappa shape index (κ3) is 3.85. The Morgan fingerprint density at radius 2 is 1.74 bits per heavy atom. The van der Waals surface area contributed by atoms with E-state index in [1.807, 2.05) is 0 Å². The lowest BCUT2D eigenvalue weighted by Crippen LogP contribution is -2.51. The summed E-state index contributed by atoms with van der Waals surface area (Å²) in [5.74, 6) is -3.57. The fourth-order valence-electron chi connectivity index (χ4n) is 3.92. The highest BCUT2D eigenvalue weighted by atomic mass is 19.3. The number of hydrogen-bond acceptors (Lipinski definition) is 6. The van der Waals surface area contributed by atoms with Gasteiger partial charge in [-0.25, -0.2) is 23.5 Å². The number of aromatic nitrogens is 2. The number of ketones is 1. The molecular formula is C21H20F2N4O4. The summed E-state index contributed by atoms with van der Waals surface area (Å²) < 4.78 is 32.2. The summed E-state index contributed by atoms with van der Waals surface area (Å²) in [6, 6.07) is 5.71. The minimum atomic E-state index is -2.84. The molecule has 8 nitrogen and oxygen atoms in total. The number of methoxy groups -OCH3 is 1. The van der Waals surface area contributed by atoms with E-state index in [4.69, 9.17) is 4.74 Å². The molecule has 0 bridgehead atoms. The first-order chi connectivity index (χ1) is 14.7. The number of carbonyl (C=O) groups excluding carboxylic acids is 3. The van der Waals surface area contributed by atoms with E-state index in [1.54, 1.807) is 24.3 Å². The number of Topliss-reactive ketones (excluding diaryl/α,β-unsaturated/α-hetero) is 1. The van der Waals surface area contributed by atoms with Gasteiger partial charge in [-0.15, -0.1) is 0 Å². The molecule has 1 aliphatic heterocycles. The maximum absolute atomic E-state index is 13.5. The second-order valence-corrected chi connectivity index (χ2v) is 7.67. The molecule has 162 valence electrons. The molecule has 1 aliphatic carbocycles. The number of alkyl halides is 2. The Morgan fingerprint density at radius 1 is 1.10 bits per heavy atom. The normalized spacial score (nSPS) is 19.4. The van der Waals surface area contributed by atoms with Crippen molar-refractivity contribution in [2.45, 2.75) is 37.1 Å². The molecule has 2 aromatic rings. The molecule has 1 aromatic heterocycles. The van der Waals surface area contributed by atoms with E-state index >= 15 is 0 Å². The summed E-state index contributed by atoms with van der Waals surface area (Å²) >= 11 is 0. The number of carbonyl (C=O) groups is 3. The maximum Gasteiger partial charge on any atom is 0.325 e. The van der Waals surface area contributed by atoms with Crippen LogP contribution in [-0.2, 0) is 4.79 Å². The average Bonchev–Trinajstić information content (AvgIpc) is 3.00. The van der Waals surface area contributed by atoms with Gasteiger partial charge in [-0.3, -0.25) is 14.5 Å². The van der Waals surface area contributed by atoms with Gasteiger partial charge in [-0.1, -0.05) is 24.3 Å². The average molecular weight is 430 g/mol. The lowest BCUT2D eigenvalue weighted by atomic mass is 9.80. The molecule has 4 rings (SSSR count). The van der Waals surface area contributed by atoms with E-state index < -0.39 is 48.6 Å². The highest BCUT2D eigenvalue weighted by Crippen LogP contribution is 2.41. The fourth-order valence-corrected chi connectivity index (χ4v) is 3.92. The molecule has 2 aliphatic rings. The number of rotatable bonds is 5. The van der Waals surface area contributed by atoms with Crippen LogP contribution in [0.2, 0.25) is 0 Å². The summed E-state index contributed by atoms with van der Waals surface area (Å²) in [7, 11) is 1.48. The Labute approximate surface area is 176 Å². The number of imide groups is 1. The molecule has 2 heterocycles. The zero-order chi connectivity index (χ0) is 22.2. The zero-order valence-electron chi connectivity index (χ0n) is 16.7. The van der Waals surface area contributed by atoms with E-state index in [9.17, 15) is 23.2 Å². The van der Waals surface area contributed by atoms with E-state index in [0.29, 0.717) is 22.7 Å². The third-order valence-corrected chi connectivity index (χ3v) is 5.72. The number of halogens is 2. The van der Waals surface area contributed by atoms with Crippen LogP contribution in [0.3, 0.4) is 0 Å². The molecule has 3 amide bonds. The van der Waals surface area contributed by atoms with Gasteiger partial charge in [0.1, 0.15) is 11.2 Å². The van der Waals surface area contributed by atoms with Crippen molar-refractivity contribution in [1.82, 2.24) is 20.2 Å². The highest BCUT2D eigenvalue weighted by molar-refractivity contribution is 6.11. The predicted octanol–water partition coefficient (Wildman–Crippen LogP) is 2.83. The van der Waals surface area contributed by atoms with Crippen LogP contribution in [0.15, 0.2) is 36.7 Å². The van der Waals surface area contributed by atoms with Gasteiger partial charge in [0.05, 0.1) is 13.7 Å². The zero-order valence-corrected chi connectivity index (χ0v) is 16.7. The van der Waals surface area contributed by atoms with Crippen molar-refractivity contribution in [1.29, 1.82) is 0 Å². The second kappa shape index (κ2) is 7.68. The van der Waals surface area contributed by atoms with Gasteiger partial charge in [0.15, 0.2) is 5.78 Å². The number of nitrogens with zero attached hydrogens (tertiary/aromatic N) is 3. The van der Waals surface area contributed by atoms with Crippen LogP contribution in [-0.4, -0.2) is 57.7 Å². The molecule has 1 spiro atoms. The standard InChI is InChI=1S/C21H20F2N4O4/c1-31-17-16(24-10-11-25-17)14-4-2-13(3-5-14)15(28)12-27-18(29)20(26-19(27)30)6-8-21(22,23)9-7-20/h2-5,10-11H,6-9,12H2,1H3,(H,26,30). The van der Waals surface area contributed by atoms with E-state index in [1.165, 1.54) is 19.5 Å². The first-order valence-electron chi connectivity index (χ1n) is 9.75. The lowest BCUT2D eigenvalue weighted by Gasteiger charge is -2.34. The summed E-state index contributed by atoms with van der Waals surface area (Å²) in [6.07, 6.45) is 1.76. The number of nitrogens with one attached hydrogen (secondary N) is 1. The minimum absolute atomic E-state index is 0.149. The van der Waals surface area contributed by atoms with Crippen molar-refractivity contribution in [2.75, 3.05) is 13.7 Å². The van der Waals surface area contributed by atoms with Gasteiger partial charge in [-0.2, -0.15) is 0 Å². The number of benzene rings is 1. The molecule has 1 saturated carbocycles. The topological polar surface area (TPSA) is 101 Å². The summed E-state index contributed by atoms with van der Waals surface area (Å²) in [5, 5.41) is 2.53. The molecule has 31 heavy (non-hydrogen) atoms. The SMILES string of the molecule is COc1nccnc1-c1ccc(C(=O)CN2C(=O)NC3(CCC(F)(F)CC3)C2=O)cc1. The molecule has 0 unspecified atom stereocenters. The fraction of sp³-hybridized carbons (Fsp3) is 0.381. The first kappa shape index (κ1) is 20.8. The lowest BCUT2D eigenvalue weighted by molar-refractivity contribution is -0.135. The van der Waals surface area contributed by atoms with Crippen LogP contribution < -0.4 is 10.1 Å². The number of hydrogen-bond donors (Lipinski definition) is 1. The van der Waals surface area contributed by atoms with Crippen LogP contribution >= 0.6 is 0 Å². The van der Waals surface area contributed by atoms with Crippen molar-refractivity contribution in [2.24, 2.45) is 0 Å². The minimum Gasteiger partial charge on any atom is -0.479 e. The maximum atomic E-state index is 13.5. The molecule has 10 heteroatoms. The Morgan fingerprint density at radius 3 is 2.39 bits per heavy atom. The van der Waals surface area contributed by atoms with Crippen LogP contribution in [0.1, 0.15) is 36.0 Å². The number of ether oxygens (including phenoxy) is 1. The number of urea groups is 1. The molecule has 0 atom stereocenters. The summed E-state index contributed by atoms with van der Waals surface area (Å²) in [6.45, 7) is -0.462. The monoisotopic (exact) mass is 430 g/mol. The van der Waals surface area contributed by atoms with E-state index in [-0.39, 0.29) is 12.8 Å². The summed E-state index contributed by atoms with van der Waals surface area (Å²) in [4.78, 5) is 46.9. The smallest absolute Gasteiger partial charge is 0.325 e. The van der Waals surface area contributed by atoms with E-state index in [2.05, 4.69) is 15.3 Å². The molecule has 0 radical (unpaired) electrons. The summed E-state index contributed by atoms with van der Waals surface area (Å²) in [5.41, 5.74) is 0.141. The van der Waals surface area contributed by atoms with Crippen molar-refractivity contribution in [3.05, 3.63) is 42.2 Å². The highest BCUT2D eigenvalue weighted by Gasteiger charge is 2.55. The predicted molar refractivity (Wildman–Crippen MR) is 105 cm³/mol. The Kier molecular flexibility index (Phi) is 5.16. The van der Waals surface area contributed by atoms with Crippen molar-refractivity contribution >= 4 is 17.7 Å². The third-order valence-electron chi connectivity index (χ3n) is 5.72. The van der Waals surface area contributed by atoms with Gasteiger partial charge < -0.3 is 10.1 Å². The molecular weight excluding hydrogens is 410 g/mol. The van der Waals surface area contributed by atoms with Crippen molar-refractivity contribution < 1.29 is 27.9 Å². The van der Waals surface area contributed by atoms with Crippen molar-refractivity contribution in [3.8, 4) is 17.1 Å². The number of amides is 3. The van der Waals surface area contributed by atoms with Crippen molar-refractivity contribution in [3.63, 3.8) is 0 Å². The van der Waals surface area contributed by atoms with Gasteiger partial charge in [0.25, 0.3) is 5.91 Å². The molecule has 1 aromatic carbocycles. The largest absolute Gasteiger partial charge is 0.479 e. The van der Waals surface area contributed by atoms with E-state index in [0.717, 1.165) is 4.90 Å². The van der Waals surface area contributed by atoms with Crippen LogP contribution in [0.25, 0.3) is 11.3 Å². The molecule has 1 saturated heterocycles. The molecule has 2 fully saturated rings. The van der Waals surface area contributed by atoms with Gasteiger partial charge in [0.2, 0.25) is 11.8 Å². The van der Waals surface area contributed by atoms with Gasteiger partial charge in [0, 0.05) is 36.4 Å². The first-order valence-corrected chi connectivity index (χ1v) is 9.75. The Hall–Kier alpha value is -3.43. The second-order valence-electron chi connectivity index (χ2n) is 7.67. The van der Waals surface area contributed by atoms with Crippen LogP contribution in [0, 0.1) is 0 Å². The van der Waals surface area contributed by atoms with Gasteiger partial charge in [-0.05, 0) is 12.8 Å². The molecule has 1 N–H and O–H groups in total.